The molecule has 0 heterocycles. The predicted octanol–water partition coefficient (Wildman–Crippen LogP) is 3.71. The van der Waals surface area contributed by atoms with Crippen molar-refractivity contribution in [1.29, 1.82) is 5.26 Å². The Bertz CT molecular complexity index is 282. The normalized spacial score (nSPS) is 32.9. The molecule has 0 bridgehead atoms. The van der Waals surface area contributed by atoms with Crippen molar-refractivity contribution in [3.63, 3.8) is 0 Å². The quantitative estimate of drug-likeness (QED) is 0.604. The summed E-state index contributed by atoms with van der Waals surface area (Å²) in [5.74, 6) is 0.336. The van der Waals surface area contributed by atoms with Crippen LogP contribution in [0, 0.1) is 17.2 Å². The van der Waals surface area contributed by atoms with Crippen molar-refractivity contribution in [3.8, 4) is 6.07 Å². The number of nitrogens with zero attached hydrogens (tertiary/aromatic N) is 3. The summed E-state index contributed by atoms with van der Waals surface area (Å²) in [5.41, 5.74) is -0.730. The SMILES string of the molecule is CC1CCCCC1(C#N)N=NC(C)(C)C. The Morgan fingerprint density at radius 1 is 1.33 bits per heavy atom. The monoisotopic (exact) mass is 207 g/mol. The predicted molar refractivity (Wildman–Crippen MR) is 60.6 cm³/mol. The molecule has 1 aliphatic rings. The first-order valence-corrected chi connectivity index (χ1v) is 5.75. The van der Waals surface area contributed by atoms with Crippen molar-refractivity contribution >= 4 is 0 Å². The largest absolute Gasteiger partial charge is 0.196 e. The minimum atomic E-state index is -0.550. The molecular formula is C12H21N3. The van der Waals surface area contributed by atoms with E-state index in [-0.39, 0.29) is 5.54 Å². The van der Waals surface area contributed by atoms with Gasteiger partial charge in [-0.15, -0.1) is 0 Å². The van der Waals surface area contributed by atoms with E-state index >= 15 is 0 Å². The zero-order chi connectivity index (χ0) is 11.5. The fraction of sp³-hybridized carbons (Fsp3) is 0.917. The first kappa shape index (κ1) is 12.2. The maximum Gasteiger partial charge on any atom is 0.170 e. The Balaban J connectivity index is 2.86. The van der Waals surface area contributed by atoms with Gasteiger partial charge in [0, 0.05) is 0 Å². The van der Waals surface area contributed by atoms with Crippen molar-refractivity contribution < 1.29 is 0 Å². The van der Waals surface area contributed by atoms with Crippen LogP contribution in [0.1, 0.15) is 53.4 Å². The second kappa shape index (κ2) is 4.30. The zero-order valence-corrected chi connectivity index (χ0v) is 10.2. The molecule has 2 atom stereocenters. The molecule has 1 fully saturated rings. The zero-order valence-electron chi connectivity index (χ0n) is 10.2. The van der Waals surface area contributed by atoms with Crippen LogP contribution in [0.3, 0.4) is 0 Å². The van der Waals surface area contributed by atoms with Gasteiger partial charge in [0.05, 0.1) is 11.6 Å². The lowest BCUT2D eigenvalue weighted by Gasteiger charge is -2.32. The van der Waals surface area contributed by atoms with Crippen molar-refractivity contribution in [2.24, 2.45) is 16.1 Å². The van der Waals surface area contributed by atoms with Gasteiger partial charge < -0.3 is 0 Å². The molecule has 1 saturated carbocycles. The van der Waals surface area contributed by atoms with E-state index in [1.54, 1.807) is 0 Å². The van der Waals surface area contributed by atoms with Crippen LogP contribution in [0.15, 0.2) is 10.2 Å². The minimum Gasteiger partial charge on any atom is -0.196 e. The first-order valence-electron chi connectivity index (χ1n) is 5.75. The van der Waals surface area contributed by atoms with E-state index in [4.69, 9.17) is 0 Å². The summed E-state index contributed by atoms with van der Waals surface area (Å²) in [6.07, 6.45) is 4.28. The second-order valence-corrected chi connectivity index (χ2v) is 5.55. The molecule has 0 spiro atoms. The van der Waals surface area contributed by atoms with Crippen LogP contribution in [0.25, 0.3) is 0 Å². The average Bonchev–Trinajstić information content (AvgIpc) is 2.16. The number of hydrogen-bond donors (Lipinski definition) is 0. The summed E-state index contributed by atoms with van der Waals surface area (Å²) in [5, 5.41) is 17.9. The number of nitriles is 1. The average molecular weight is 207 g/mol. The van der Waals surface area contributed by atoms with Gasteiger partial charge in [-0.05, 0) is 46.0 Å². The van der Waals surface area contributed by atoms with Gasteiger partial charge in [-0.2, -0.15) is 15.5 Å². The summed E-state index contributed by atoms with van der Waals surface area (Å²) in [4.78, 5) is 0. The molecule has 0 aromatic carbocycles. The molecule has 15 heavy (non-hydrogen) atoms. The van der Waals surface area contributed by atoms with E-state index in [0.717, 1.165) is 19.3 Å². The lowest BCUT2D eigenvalue weighted by atomic mass is 9.75. The fourth-order valence-corrected chi connectivity index (χ4v) is 1.91. The molecule has 1 aliphatic carbocycles. The van der Waals surface area contributed by atoms with Crippen LogP contribution in [-0.4, -0.2) is 11.1 Å². The Kier molecular flexibility index (Phi) is 3.49. The molecular weight excluding hydrogens is 186 g/mol. The van der Waals surface area contributed by atoms with Gasteiger partial charge in [0.15, 0.2) is 5.54 Å². The third-order valence-electron chi connectivity index (χ3n) is 2.98. The lowest BCUT2D eigenvalue weighted by Crippen LogP contribution is -2.36. The van der Waals surface area contributed by atoms with Crippen LogP contribution in [-0.2, 0) is 0 Å². The maximum atomic E-state index is 9.31. The van der Waals surface area contributed by atoms with Crippen molar-refractivity contribution in [2.75, 3.05) is 0 Å². The summed E-state index contributed by atoms with van der Waals surface area (Å²) < 4.78 is 0. The van der Waals surface area contributed by atoms with Crippen LogP contribution in [0.4, 0.5) is 0 Å². The second-order valence-electron chi connectivity index (χ2n) is 5.55. The van der Waals surface area contributed by atoms with Crippen LogP contribution in [0.5, 0.6) is 0 Å². The van der Waals surface area contributed by atoms with Crippen LogP contribution < -0.4 is 0 Å². The minimum absolute atomic E-state index is 0.180. The van der Waals surface area contributed by atoms with Gasteiger partial charge in [0.25, 0.3) is 0 Å². The van der Waals surface area contributed by atoms with Crippen LogP contribution in [0.2, 0.25) is 0 Å². The van der Waals surface area contributed by atoms with E-state index in [1.807, 2.05) is 20.8 Å². The number of azo groups is 1. The van der Waals surface area contributed by atoms with Gasteiger partial charge in [-0.1, -0.05) is 13.3 Å². The smallest absolute Gasteiger partial charge is 0.170 e. The van der Waals surface area contributed by atoms with Crippen molar-refractivity contribution in [2.45, 2.75) is 64.5 Å². The molecule has 0 aromatic heterocycles. The van der Waals surface area contributed by atoms with E-state index in [1.165, 1.54) is 6.42 Å². The highest BCUT2D eigenvalue weighted by molar-refractivity contribution is 5.11. The van der Waals surface area contributed by atoms with Crippen molar-refractivity contribution in [1.82, 2.24) is 0 Å². The molecule has 84 valence electrons. The van der Waals surface area contributed by atoms with E-state index in [0.29, 0.717) is 5.92 Å². The summed E-state index contributed by atoms with van der Waals surface area (Å²) in [6.45, 7) is 8.14. The third-order valence-corrected chi connectivity index (χ3v) is 2.98. The highest BCUT2D eigenvalue weighted by atomic mass is 15.2. The standard InChI is InChI=1S/C12H21N3/c1-10-7-5-6-8-12(10,9-13)15-14-11(2,3)4/h10H,5-8H2,1-4H3. The molecule has 2 unspecified atom stereocenters. The summed E-state index contributed by atoms with van der Waals surface area (Å²) in [7, 11) is 0. The van der Waals surface area contributed by atoms with E-state index in [2.05, 4.69) is 23.2 Å². The highest BCUT2D eigenvalue weighted by Crippen LogP contribution is 2.37. The molecule has 3 heteroatoms. The molecule has 0 N–H and O–H groups in total. The van der Waals surface area contributed by atoms with Gasteiger partial charge >= 0.3 is 0 Å². The Morgan fingerprint density at radius 3 is 2.47 bits per heavy atom. The maximum absolute atomic E-state index is 9.31. The topological polar surface area (TPSA) is 48.5 Å². The van der Waals surface area contributed by atoms with E-state index in [9.17, 15) is 5.26 Å². The Labute approximate surface area is 92.6 Å². The fourth-order valence-electron chi connectivity index (χ4n) is 1.91. The molecule has 0 radical (unpaired) electrons. The molecule has 0 aliphatic heterocycles. The van der Waals surface area contributed by atoms with Gasteiger partial charge in [-0.3, -0.25) is 0 Å². The highest BCUT2D eigenvalue weighted by Gasteiger charge is 2.39. The van der Waals surface area contributed by atoms with Gasteiger partial charge in [0.2, 0.25) is 0 Å². The third kappa shape index (κ3) is 3.02. The molecule has 0 saturated heterocycles. The molecule has 0 amide bonds. The van der Waals surface area contributed by atoms with Gasteiger partial charge in [0.1, 0.15) is 0 Å². The Morgan fingerprint density at radius 2 is 2.00 bits per heavy atom. The van der Waals surface area contributed by atoms with Crippen LogP contribution >= 0.6 is 0 Å². The number of hydrogen-bond acceptors (Lipinski definition) is 3. The Hall–Kier alpha value is -0.910. The lowest BCUT2D eigenvalue weighted by molar-refractivity contribution is 0.250. The summed E-state index contributed by atoms with van der Waals surface area (Å²) in [6, 6.07) is 2.38. The first-order chi connectivity index (χ1) is 6.90. The number of rotatable bonds is 1. The van der Waals surface area contributed by atoms with E-state index < -0.39 is 5.54 Å². The summed E-state index contributed by atoms with van der Waals surface area (Å²) >= 11 is 0. The molecule has 3 nitrogen and oxygen atoms in total. The van der Waals surface area contributed by atoms with Gasteiger partial charge in [-0.25, -0.2) is 0 Å². The molecule has 1 rings (SSSR count). The molecule has 0 aromatic rings. The van der Waals surface area contributed by atoms with Crippen molar-refractivity contribution in [3.05, 3.63) is 0 Å².